The smallest absolute Gasteiger partial charge is 0.491 e. The molecule has 0 spiro atoms. The van der Waals surface area contributed by atoms with Gasteiger partial charge in [0.15, 0.2) is 0 Å². The van der Waals surface area contributed by atoms with Crippen molar-refractivity contribution in [2.24, 2.45) is 5.73 Å². The van der Waals surface area contributed by atoms with Crippen molar-refractivity contribution in [3.63, 3.8) is 0 Å². The molecule has 0 aliphatic heterocycles. The van der Waals surface area contributed by atoms with E-state index < -0.39 is 23.7 Å². The molecule has 0 saturated carbocycles. The Morgan fingerprint density at radius 3 is 2.37 bits per heavy atom. The van der Waals surface area contributed by atoms with Gasteiger partial charge in [0.25, 0.3) is 0 Å². The SMILES string of the molecule is N=C(N)c1ccc2cc(OCCc3ccc(N)cc3)ccc2c1OC(=O)C(F)(F)F. The second kappa shape index (κ2) is 8.32. The number of amidine groups is 1. The van der Waals surface area contributed by atoms with E-state index in [4.69, 9.17) is 21.6 Å². The summed E-state index contributed by atoms with van der Waals surface area (Å²) in [5, 5.41) is 8.22. The van der Waals surface area contributed by atoms with Gasteiger partial charge in [-0.15, -0.1) is 0 Å². The van der Waals surface area contributed by atoms with E-state index in [2.05, 4.69) is 4.74 Å². The summed E-state index contributed by atoms with van der Waals surface area (Å²) >= 11 is 0. The molecule has 0 aromatic heterocycles. The number of nitrogens with two attached hydrogens (primary N) is 2. The van der Waals surface area contributed by atoms with Gasteiger partial charge in [-0.3, -0.25) is 5.41 Å². The summed E-state index contributed by atoms with van der Waals surface area (Å²) in [4.78, 5) is 11.3. The fourth-order valence-corrected chi connectivity index (χ4v) is 2.81. The number of hydrogen-bond acceptors (Lipinski definition) is 5. The quantitative estimate of drug-likeness (QED) is 0.186. The number of fused-ring (bicyclic) bond motifs is 1. The Kier molecular flexibility index (Phi) is 5.81. The van der Waals surface area contributed by atoms with Crippen LogP contribution in [0.3, 0.4) is 0 Å². The lowest BCUT2D eigenvalue weighted by atomic mass is 10.0. The Labute approximate surface area is 169 Å². The predicted octanol–water partition coefficient (Wildman–Crippen LogP) is 3.80. The minimum absolute atomic E-state index is 0.114. The van der Waals surface area contributed by atoms with Gasteiger partial charge in [0, 0.05) is 17.5 Å². The minimum atomic E-state index is -5.18. The van der Waals surface area contributed by atoms with Crippen molar-refractivity contribution in [3.8, 4) is 11.5 Å². The first-order valence-electron chi connectivity index (χ1n) is 8.82. The van der Waals surface area contributed by atoms with Crippen molar-refractivity contribution in [2.75, 3.05) is 12.3 Å². The number of alkyl halides is 3. The molecule has 0 saturated heterocycles. The Hall–Kier alpha value is -3.75. The summed E-state index contributed by atoms with van der Waals surface area (Å²) in [5.41, 5.74) is 12.7. The summed E-state index contributed by atoms with van der Waals surface area (Å²) in [6, 6.07) is 14.9. The summed E-state index contributed by atoms with van der Waals surface area (Å²) in [7, 11) is 0. The van der Waals surface area contributed by atoms with Crippen LogP contribution >= 0.6 is 0 Å². The maximum absolute atomic E-state index is 12.6. The van der Waals surface area contributed by atoms with Crippen LogP contribution in [0.1, 0.15) is 11.1 Å². The van der Waals surface area contributed by atoms with E-state index in [0.717, 1.165) is 5.56 Å². The molecule has 6 nitrogen and oxygen atoms in total. The molecule has 3 aromatic carbocycles. The van der Waals surface area contributed by atoms with Crippen molar-refractivity contribution >= 4 is 28.3 Å². The van der Waals surface area contributed by atoms with E-state index in [1.54, 1.807) is 30.3 Å². The molecule has 0 bridgehead atoms. The second-order valence-electron chi connectivity index (χ2n) is 6.47. The number of benzene rings is 3. The molecule has 3 aromatic rings. The van der Waals surface area contributed by atoms with Crippen molar-refractivity contribution in [3.05, 3.63) is 65.7 Å². The topological polar surface area (TPSA) is 111 Å². The van der Waals surface area contributed by atoms with Gasteiger partial charge in [0.05, 0.1) is 12.2 Å². The molecular formula is C21H18F3N3O3. The fourth-order valence-electron chi connectivity index (χ4n) is 2.81. The van der Waals surface area contributed by atoms with Gasteiger partial charge in [0.2, 0.25) is 0 Å². The van der Waals surface area contributed by atoms with Gasteiger partial charge in [-0.25, -0.2) is 4.79 Å². The third-order valence-electron chi connectivity index (χ3n) is 4.30. The van der Waals surface area contributed by atoms with Crippen LogP contribution in [0.4, 0.5) is 18.9 Å². The Morgan fingerprint density at radius 2 is 1.73 bits per heavy atom. The van der Waals surface area contributed by atoms with E-state index in [-0.39, 0.29) is 10.9 Å². The van der Waals surface area contributed by atoms with Crippen LogP contribution in [0.25, 0.3) is 10.8 Å². The first-order chi connectivity index (χ1) is 14.1. The normalized spacial score (nSPS) is 11.3. The zero-order chi connectivity index (χ0) is 21.9. The Morgan fingerprint density at radius 1 is 1.03 bits per heavy atom. The van der Waals surface area contributed by atoms with Gasteiger partial charge >= 0.3 is 12.1 Å². The Balaban J connectivity index is 1.83. The molecule has 156 valence electrons. The number of ether oxygens (including phenoxy) is 2. The molecule has 5 N–H and O–H groups in total. The van der Waals surface area contributed by atoms with Gasteiger partial charge in [0.1, 0.15) is 17.3 Å². The zero-order valence-electron chi connectivity index (χ0n) is 15.6. The number of nitrogens with one attached hydrogen (secondary N) is 1. The maximum atomic E-state index is 12.6. The summed E-state index contributed by atoms with van der Waals surface area (Å²) in [6.45, 7) is 0.372. The molecule has 0 fully saturated rings. The lowest BCUT2D eigenvalue weighted by Gasteiger charge is -2.14. The minimum Gasteiger partial charge on any atom is -0.493 e. The highest BCUT2D eigenvalue weighted by molar-refractivity contribution is 6.05. The highest BCUT2D eigenvalue weighted by atomic mass is 19.4. The third kappa shape index (κ3) is 4.80. The van der Waals surface area contributed by atoms with E-state index in [9.17, 15) is 18.0 Å². The third-order valence-corrected chi connectivity index (χ3v) is 4.30. The highest BCUT2D eigenvalue weighted by Crippen LogP contribution is 2.34. The molecule has 3 rings (SSSR count). The lowest BCUT2D eigenvalue weighted by molar-refractivity contribution is -0.189. The predicted molar refractivity (Wildman–Crippen MR) is 107 cm³/mol. The van der Waals surface area contributed by atoms with Crippen LogP contribution < -0.4 is 20.9 Å². The van der Waals surface area contributed by atoms with E-state index >= 15 is 0 Å². The molecular weight excluding hydrogens is 399 g/mol. The average molecular weight is 417 g/mol. The number of esters is 1. The first-order valence-corrected chi connectivity index (χ1v) is 8.82. The maximum Gasteiger partial charge on any atom is 0.491 e. The van der Waals surface area contributed by atoms with Crippen LogP contribution in [0, 0.1) is 5.41 Å². The van der Waals surface area contributed by atoms with Crippen molar-refractivity contribution in [1.29, 1.82) is 5.41 Å². The standard InChI is InChI=1S/C21H18F3N3O3/c22-21(23,24)20(28)30-18-16-8-6-15(11-13(16)3-7-17(18)19(26)27)29-10-9-12-1-4-14(25)5-2-12/h1-8,11H,9-10,25H2,(H3,26,27). The van der Waals surface area contributed by atoms with Crippen LogP contribution in [-0.4, -0.2) is 24.6 Å². The van der Waals surface area contributed by atoms with E-state index in [0.29, 0.717) is 29.9 Å². The zero-order valence-corrected chi connectivity index (χ0v) is 15.6. The molecule has 0 atom stereocenters. The molecule has 0 heterocycles. The summed E-state index contributed by atoms with van der Waals surface area (Å²) in [6.07, 6.45) is -4.54. The highest BCUT2D eigenvalue weighted by Gasteiger charge is 2.42. The number of hydrogen-bond donors (Lipinski definition) is 3. The summed E-state index contributed by atoms with van der Waals surface area (Å²) in [5.74, 6) is -2.84. The molecule has 0 radical (unpaired) electrons. The average Bonchev–Trinajstić information content (AvgIpc) is 2.68. The fraction of sp³-hybridized carbons (Fsp3) is 0.143. The number of halogens is 3. The molecule has 0 aliphatic rings. The van der Waals surface area contributed by atoms with Gasteiger partial charge in [-0.2, -0.15) is 13.2 Å². The molecule has 0 amide bonds. The van der Waals surface area contributed by atoms with Crippen LogP contribution in [0.5, 0.6) is 11.5 Å². The molecule has 0 aliphatic carbocycles. The monoisotopic (exact) mass is 417 g/mol. The number of anilines is 1. The largest absolute Gasteiger partial charge is 0.493 e. The van der Waals surface area contributed by atoms with Crippen LogP contribution in [0.15, 0.2) is 54.6 Å². The van der Waals surface area contributed by atoms with Gasteiger partial charge in [-0.05, 0) is 47.3 Å². The molecule has 30 heavy (non-hydrogen) atoms. The number of rotatable bonds is 6. The van der Waals surface area contributed by atoms with E-state index in [1.165, 1.54) is 12.1 Å². The van der Waals surface area contributed by atoms with Crippen molar-refractivity contribution in [2.45, 2.75) is 12.6 Å². The van der Waals surface area contributed by atoms with Gasteiger partial charge in [-0.1, -0.05) is 18.2 Å². The molecule has 0 unspecified atom stereocenters. The van der Waals surface area contributed by atoms with Crippen LogP contribution in [0.2, 0.25) is 0 Å². The number of nitrogen functional groups attached to an aromatic ring is 2. The number of carbonyl (C=O) groups is 1. The van der Waals surface area contributed by atoms with Crippen LogP contribution in [-0.2, 0) is 11.2 Å². The lowest BCUT2D eigenvalue weighted by Crippen LogP contribution is -2.29. The van der Waals surface area contributed by atoms with Crippen molar-refractivity contribution in [1.82, 2.24) is 0 Å². The Bertz CT molecular complexity index is 1100. The second-order valence-corrected chi connectivity index (χ2v) is 6.47. The number of carbonyl (C=O) groups excluding carboxylic acids is 1. The van der Waals surface area contributed by atoms with E-state index in [1.807, 2.05) is 12.1 Å². The molecule has 9 heteroatoms. The van der Waals surface area contributed by atoms with Crippen molar-refractivity contribution < 1.29 is 27.4 Å². The first kappa shape index (κ1) is 21.0. The van der Waals surface area contributed by atoms with Gasteiger partial charge < -0.3 is 20.9 Å². The summed E-state index contributed by atoms with van der Waals surface area (Å²) < 4.78 is 48.2.